The maximum absolute atomic E-state index is 12.7. The lowest BCUT2D eigenvalue weighted by Gasteiger charge is -2.23. The number of esters is 1. The Morgan fingerprint density at radius 2 is 1.95 bits per heavy atom. The minimum atomic E-state index is -0.445. The van der Waals surface area contributed by atoms with E-state index < -0.39 is 6.04 Å². The van der Waals surface area contributed by atoms with E-state index in [1.54, 1.807) is 11.8 Å². The van der Waals surface area contributed by atoms with Gasteiger partial charge >= 0.3 is 5.97 Å². The van der Waals surface area contributed by atoms with Crippen molar-refractivity contribution in [1.82, 2.24) is 4.90 Å². The second-order valence-electron chi connectivity index (χ2n) is 5.47. The predicted molar refractivity (Wildman–Crippen MR) is 84.6 cm³/mol. The van der Waals surface area contributed by atoms with Gasteiger partial charge in [0.1, 0.15) is 6.04 Å². The minimum absolute atomic E-state index is 0.0960. The molecule has 3 rings (SSSR count). The van der Waals surface area contributed by atoms with Crippen LogP contribution in [0.4, 0.5) is 0 Å². The third kappa shape index (κ3) is 2.69. The Balaban J connectivity index is 1.86. The van der Waals surface area contributed by atoms with Crippen LogP contribution in [0, 0.1) is 0 Å². The summed E-state index contributed by atoms with van der Waals surface area (Å²) in [4.78, 5) is 26.4. The third-order valence-corrected chi connectivity index (χ3v) is 4.07. The van der Waals surface area contributed by atoms with Gasteiger partial charge < -0.3 is 9.64 Å². The number of hydrogen-bond acceptors (Lipinski definition) is 3. The molecule has 1 amide bonds. The molecular formula is C18H19NO3. The van der Waals surface area contributed by atoms with E-state index in [2.05, 4.69) is 0 Å². The molecule has 4 heteroatoms. The molecule has 0 aromatic heterocycles. The summed E-state index contributed by atoms with van der Waals surface area (Å²) in [6.45, 7) is 2.73. The van der Waals surface area contributed by atoms with E-state index in [0.717, 1.165) is 17.2 Å². The molecule has 114 valence electrons. The first kappa shape index (κ1) is 14.6. The molecule has 1 fully saturated rings. The highest BCUT2D eigenvalue weighted by atomic mass is 16.5. The molecule has 0 spiro atoms. The second kappa shape index (κ2) is 6.18. The molecule has 1 saturated heterocycles. The number of nitrogens with zero attached hydrogens (tertiary/aromatic N) is 1. The number of ether oxygens (including phenoxy) is 1. The van der Waals surface area contributed by atoms with Crippen LogP contribution in [0.2, 0.25) is 0 Å². The van der Waals surface area contributed by atoms with Crippen LogP contribution in [0.25, 0.3) is 10.8 Å². The third-order valence-electron chi connectivity index (χ3n) is 4.07. The quantitative estimate of drug-likeness (QED) is 0.818. The maximum atomic E-state index is 12.7. The number of rotatable bonds is 3. The summed E-state index contributed by atoms with van der Waals surface area (Å²) >= 11 is 0. The SMILES string of the molecule is CCOC(=O)[C@H]1CCCN1C(=O)c1ccc2ccccc2c1. The molecule has 1 atom stereocenters. The van der Waals surface area contributed by atoms with Crippen LogP contribution >= 0.6 is 0 Å². The van der Waals surface area contributed by atoms with E-state index in [1.165, 1.54) is 0 Å². The average molecular weight is 297 g/mol. The number of hydrogen-bond donors (Lipinski definition) is 0. The van der Waals surface area contributed by atoms with Gasteiger partial charge in [-0.05, 0) is 42.7 Å². The van der Waals surface area contributed by atoms with E-state index >= 15 is 0 Å². The number of amides is 1. The minimum Gasteiger partial charge on any atom is -0.464 e. The van der Waals surface area contributed by atoms with E-state index in [4.69, 9.17) is 4.74 Å². The zero-order valence-electron chi connectivity index (χ0n) is 12.6. The summed E-state index contributed by atoms with van der Waals surface area (Å²) in [5.41, 5.74) is 0.620. The summed E-state index contributed by atoms with van der Waals surface area (Å²) in [5, 5.41) is 2.13. The largest absolute Gasteiger partial charge is 0.464 e. The lowest BCUT2D eigenvalue weighted by atomic mass is 10.1. The zero-order valence-corrected chi connectivity index (χ0v) is 12.6. The van der Waals surface area contributed by atoms with Crippen LogP contribution < -0.4 is 0 Å². The van der Waals surface area contributed by atoms with Crippen molar-refractivity contribution in [3.8, 4) is 0 Å². The fraction of sp³-hybridized carbons (Fsp3) is 0.333. The van der Waals surface area contributed by atoms with Gasteiger partial charge in [-0.3, -0.25) is 4.79 Å². The molecule has 1 heterocycles. The first-order valence-corrected chi connectivity index (χ1v) is 7.67. The molecule has 4 nitrogen and oxygen atoms in total. The van der Waals surface area contributed by atoms with E-state index in [9.17, 15) is 9.59 Å². The van der Waals surface area contributed by atoms with Crippen molar-refractivity contribution in [2.24, 2.45) is 0 Å². The summed E-state index contributed by atoms with van der Waals surface area (Å²) in [6.07, 6.45) is 1.51. The van der Waals surface area contributed by atoms with Crippen molar-refractivity contribution in [3.63, 3.8) is 0 Å². The van der Waals surface area contributed by atoms with Gasteiger partial charge in [0.2, 0.25) is 0 Å². The Hall–Kier alpha value is -2.36. The zero-order chi connectivity index (χ0) is 15.5. The lowest BCUT2D eigenvalue weighted by Crippen LogP contribution is -2.41. The molecule has 1 aliphatic heterocycles. The number of benzene rings is 2. The van der Waals surface area contributed by atoms with Crippen molar-refractivity contribution in [1.29, 1.82) is 0 Å². The first-order valence-electron chi connectivity index (χ1n) is 7.67. The van der Waals surface area contributed by atoms with E-state index in [0.29, 0.717) is 25.1 Å². The Labute approximate surface area is 129 Å². The summed E-state index contributed by atoms with van der Waals surface area (Å²) in [5.74, 6) is -0.393. The van der Waals surface area contributed by atoms with Gasteiger partial charge in [0.25, 0.3) is 5.91 Å². The molecule has 0 bridgehead atoms. The van der Waals surface area contributed by atoms with Crippen LogP contribution in [0.5, 0.6) is 0 Å². The summed E-state index contributed by atoms with van der Waals surface area (Å²) in [6, 6.07) is 13.1. The summed E-state index contributed by atoms with van der Waals surface area (Å²) in [7, 11) is 0. The highest BCUT2D eigenvalue weighted by Gasteiger charge is 2.35. The maximum Gasteiger partial charge on any atom is 0.328 e. The van der Waals surface area contributed by atoms with E-state index in [1.807, 2.05) is 42.5 Å². The molecule has 2 aromatic rings. The standard InChI is InChI=1S/C18H19NO3/c1-2-22-18(21)16-8-5-11-19(16)17(20)15-10-9-13-6-3-4-7-14(13)12-15/h3-4,6-7,9-10,12,16H,2,5,8,11H2,1H3/t16-/m1/s1. The lowest BCUT2D eigenvalue weighted by molar-refractivity contribution is -0.147. The van der Waals surface area contributed by atoms with Crippen molar-refractivity contribution >= 4 is 22.6 Å². The van der Waals surface area contributed by atoms with Gasteiger partial charge in [0, 0.05) is 12.1 Å². The highest BCUT2D eigenvalue weighted by Crippen LogP contribution is 2.23. The Morgan fingerprint density at radius 1 is 1.18 bits per heavy atom. The Bertz CT molecular complexity index is 710. The molecule has 0 N–H and O–H groups in total. The molecule has 1 aliphatic rings. The molecule has 0 radical (unpaired) electrons. The summed E-state index contributed by atoms with van der Waals surface area (Å²) < 4.78 is 5.08. The average Bonchev–Trinajstić information content (AvgIpc) is 3.03. The van der Waals surface area contributed by atoms with Crippen molar-refractivity contribution in [3.05, 3.63) is 48.0 Å². The molecule has 0 saturated carbocycles. The van der Waals surface area contributed by atoms with Crippen LogP contribution in [-0.4, -0.2) is 36.0 Å². The predicted octanol–water partition coefficient (Wildman–Crippen LogP) is 3.01. The second-order valence-corrected chi connectivity index (χ2v) is 5.47. The number of carbonyl (C=O) groups is 2. The first-order chi connectivity index (χ1) is 10.7. The van der Waals surface area contributed by atoms with Gasteiger partial charge in [0.15, 0.2) is 0 Å². The number of fused-ring (bicyclic) bond motifs is 1. The van der Waals surface area contributed by atoms with Gasteiger partial charge in [-0.15, -0.1) is 0 Å². The molecule has 22 heavy (non-hydrogen) atoms. The fourth-order valence-electron chi connectivity index (χ4n) is 2.98. The van der Waals surface area contributed by atoms with Crippen molar-refractivity contribution in [2.75, 3.05) is 13.2 Å². The molecule has 2 aromatic carbocycles. The van der Waals surface area contributed by atoms with Crippen LogP contribution in [0.1, 0.15) is 30.1 Å². The van der Waals surface area contributed by atoms with Gasteiger partial charge in [0.05, 0.1) is 6.61 Å². The smallest absolute Gasteiger partial charge is 0.328 e. The molecular weight excluding hydrogens is 278 g/mol. The Kier molecular flexibility index (Phi) is 4.09. The number of carbonyl (C=O) groups excluding carboxylic acids is 2. The van der Waals surface area contributed by atoms with Crippen LogP contribution in [0.3, 0.4) is 0 Å². The van der Waals surface area contributed by atoms with Crippen molar-refractivity contribution in [2.45, 2.75) is 25.8 Å². The van der Waals surface area contributed by atoms with Gasteiger partial charge in [-0.25, -0.2) is 4.79 Å². The highest BCUT2D eigenvalue weighted by molar-refractivity contribution is 6.00. The van der Waals surface area contributed by atoms with Crippen LogP contribution in [-0.2, 0) is 9.53 Å². The van der Waals surface area contributed by atoms with Gasteiger partial charge in [-0.2, -0.15) is 0 Å². The normalized spacial score (nSPS) is 17.7. The topological polar surface area (TPSA) is 46.6 Å². The monoisotopic (exact) mass is 297 g/mol. The fourth-order valence-corrected chi connectivity index (χ4v) is 2.98. The molecule has 0 unspecified atom stereocenters. The van der Waals surface area contributed by atoms with E-state index in [-0.39, 0.29) is 11.9 Å². The van der Waals surface area contributed by atoms with Gasteiger partial charge in [-0.1, -0.05) is 30.3 Å². The number of likely N-dealkylation sites (tertiary alicyclic amines) is 1. The molecule has 0 aliphatic carbocycles. The van der Waals surface area contributed by atoms with Crippen molar-refractivity contribution < 1.29 is 14.3 Å². The van der Waals surface area contributed by atoms with Crippen LogP contribution in [0.15, 0.2) is 42.5 Å². The Morgan fingerprint density at radius 3 is 2.73 bits per heavy atom.